The first-order valence-electron chi connectivity index (χ1n) is 8.74. The number of carbonyl (C=O) groups is 2. The number of hydrogen-bond acceptors (Lipinski definition) is 3. The van der Waals surface area contributed by atoms with Crippen molar-refractivity contribution in [3.63, 3.8) is 0 Å². The van der Waals surface area contributed by atoms with Gasteiger partial charge in [-0.3, -0.25) is 4.79 Å². The number of nitrogens with two attached hydrogens (primary N) is 1. The van der Waals surface area contributed by atoms with Gasteiger partial charge in [0.05, 0.1) is 11.5 Å². The first-order valence-corrected chi connectivity index (χ1v) is 8.74. The van der Waals surface area contributed by atoms with Crippen LogP contribution in [0, 0.1) is 13.8 Å². The van der Waals surface area contributed by atoms with Gasteiger partial charge in [0.15, 0.2) is 0 Å². The van der Waals surface area contributed by atoms with Crippen LogP contribution < -0.4 is 5.73 Å². The monoisotopic (exact) mass is 330 g/mol. The van der Waals surface area contributed by atoms with Crippen molar-refractivity contribution < 1.29 is 14.3 Å². The van der Waals surface area contributed by atoms with Crippen LogP contribution in [0.2, 0.25) is 0 Å². The summed E-state index contributed by atoms with van der Waals surface area (Å²) in [6, 6.07) is 5.80. The molecule has 3 rings (SSSR count). The Morgan fingerprint density at radius 2 is 1.88 bits per heavy atom. The van der Waals surface area contributed by atoms with Crippen molar-refractivity contribution in [2.24, 2.45) is 5.73 Å². The summed E-state index contributed by atoms with van der Waals surface area (Å²) >= 11 is 0. The maximum Gasteiger partial charge on any atom is 0.316 e. The lowest BCUT2D eigenvalue weighted by atomic mass is 9.64. The smallest absolute Gasteiger partial charge is 0.316 e. The summed E-state index contributed by atoms with van der Waals surface area (Å²) in [5, 5.41) is 0. The van der Waals surface area contributed by atoms with Gasteiger partial charge in [-0.05, 0) is 45.1 Å². The largest absolute Gasteiger partial charge is 0.463 e. The number of carbonyl (C=O) groups excluding carboxylic acids is 2. The predicted octanol–water partition coefficient (Wildman–Crippen LogP) is 2.81. The highest BCUT2D eigenvalue weighted by molar-refractivity contribution is 5.84. The Balaban J connectivity index is 1.71. The van der Waals surface area contributed by atoms with Crippen LogP contribution in [0.1, 0.15) is 48.8 Å². The Hall–Kier alpha value is -2.04. The molecule has 5 heteroatoms. The average molecular weight is 330 g/mol. The molecule has 1 saturated heterocycles. The molecule has 2 aliphatic rings. The molecule has 1 aromatic carbocycles. The highest BCUT2D eigenvalue weighted by Gasteiger charge is 2.47. The number of benzene rings is 1. The number of ether oxygens (including phenoxy) is 1. The minimum Gasteiger partial charge on any atom is -0.463 e. The van der Waals surface area contributed by atoms with Crippen LogP contribution in [-0.4, -0.2) is 36.1 Å². The van der Waals surface area contributed by atoms with Crippen LogP contribution in [0.3, 0.4) is 0 Å². The minimum absolute atomic E-state index is 0.0807. The van der Waals surface area contributed by atoms with Crippen LogP contribution in [0.4, 0.5) is 4.79 Å². The summed E-state index contributed by atoms with van der Waals surface area (Å²) in [6.07, 6.45) is 4.46. The first-order chi connectivity index (χ1) is 11.4. The van der Waals surface area contributed by atoms with Crippen molar-refractivity contribution in [2.75, 3.05) is 13.2 Å². The summed E-state index contributed by atoms with van der Waals surface area (Å²) < 4.78 is 5.66. The normalized spacial score (nSPS) is 22.1. The minimum atomic E-state index is -0.507. The molecule has 2 N–H and O–H groups in total. The highest BCUT2D eigenvalue weighted by atomic mass is 16.5. The maximum atomic E-state index is 12.8. The van der Waals surface area contributed by atoms with E-state index in [1.807, 2.05) is 0 Å². The molecule has 5 nitrogen and oxygen atoms in total. The van der Waals surface area contributed by atoms with Gasteiger partial charge in [-0.1, -0.05) is 35.7 Å². The summed E-state index contributed by atoms with van der Waals surface area (Å²) in [5.74, 6) is -0.157. The lowest BCUT2D eigenvalue weighted by molar-refractivity contribution is -0.155. The molecule has 1 aromatic rings. The Morgan fingerprint density at radius 1 is 1.21 bits per heavy atom. The quantitative estimate of drug-likeness (QED) is 0.863. The predicted molar refractivity (Wildman–Crippen MR) is 91.7 cm³/mol. The molecule has 1 heterocycles. The molecule has 24 heavy (non-hydrogen) atoms. The van der Waals surface area contributed by atoms with Crippen molar-refractivity contribution in [3.8, 4) is 0 Å². The fourth-order valence-corrected chi connectivity index (χ4v) is 4.00. The van der Waals surface area contributed by atoms with Gasteiger partial charge < -0.3 is 15.4 Å². The third-order valence-corrected chi connectivity index (χ3v) is 5.44. The van der Waals surface area contributed by atoms with Crippen LogP contribution in [0.5, 0.6) is 0 Å². The zero-order valence-electron chi connectivity index (χ0n) is 14.5. The topological polar surface area (TPSA) is 72.6 Å². The SMILES string of the molecule is Cc1cc(C)cc(C2(C(=O)OC[C@H]3CCCN3C(N)=O)CCC2)c1. The molecule has 0 aromatic heterocycles. The lowest BCUT2D eigenvalue weighted by Gasteiger charge is -2.40. The molecule has 0 radical (unpaired) electrons. The number of likely N-dealkylation sites (tertiary alicyclic amines) is 1. The number of primary amides is 1. The van der Waals surface area contributed by atoms with Crippen LogP contribution in [-0.2, 0) is 14.9 Å². The van der Waals surface area contributed by atoms with E-state index in [1.165, 1.54) is 11.1 Å². The van der Waals surface area contributed by atoms with E-state index >= 15 is 0 Å². The fourth-order valence-electron chi connectivity index (χ4n) is 4.00. The van der Waals surface area contributed by atoms with Gasteiger partial charge in [0.1, 0.15) is 6.61 Å². The van der Waals surface area contributed by atoms with E-state index in [-0.39, 0.29) is 18.6 Å². The second kappa shape index (κ2) is 6.46. The molecular formula is C19H26N2O3. The zero-order chi connectivity index (χ0) is 17.3. The van der Waals surface area contributed by atoms with Gasteiger partial charge in [0.25, 0.3) is 0 Å². The fraction of sp³-hybridized carbons (Fsp3) is 0.579. The number of rotatable bonds is 4. The third-order valence-electron chi connectivity index (χ3n) is 5.44. The number of esters is 1. The van der Waals surface area contributed by atoms with Gasteiger partial charge in [0.2, 0.25) is 0 Å². The summed E-state index contributed by atoms with van der Waals surface area (Å²) in [6.45, 7) is 5.00. The third kappa shape index (κ3) is 2.99. The number of urea groups is 1. The highest BCUT2D eigenvalue weighted by Crippen LogP contribution is 2.45. The first kappa shape index (κ1) is 16.8. The van der Waals surface area contributed by atoms with Crippen molar-refractivity contribution >= 4 is 12.0 Å². The van der Waals surface area contributed by atoms with E-state index in [9.17, 15) is 9.59 Å². The van der Waals surface area contributed by atoms with Crippen molar-refractivity contribution in [3.05, 3.63) is 34.9 Å². The molecular weight excluding hydrogens is 304 g/mol. The van der Waals surface area contributed by atoms with E-state index in [1.54, 1.807) is 4.90 Å². The number of aryl methyl sites for hydroxylation is 2. The Labute approximate surface area is 143 Å². The number of amides is 2. The average Bonchev–Trinajstić information content (AvgIpc) is 2.91. The van der Waals surface area contributed by atoms with Gasteiger partial charge >= 0.3 is 12.0 Å². The number of nitrogens with zero attached hydrogens (tertiary/aromatic N) is 1. The zero-order valence-corrected chi connectivity index (χ0v) is 14.5. The van der Waals surface area contributed by atoms with Gasteiger partial charge in [0, 0.05) is 6.54 Å². The molecule has 2 amide bonds. The molecule has 1 aliphatic carbocycles. The van der Waals surface area contributed by atoms with Crippen LogP contribution in [0.15, 0.2) is 18.2 Å². The van der Waals surface area contributed by atoms with Gasteiger partial charge in [-0.2, -0.15) is 0 Å². The molecule has 1 atom stereocenters. The molecule has 2 fully saturated rings. The van der Waals surface area contributed by atoms with Gasteiger partial charge in [-0.25, -0.2) is 4.79 Å². The molecule has 0 spiro atoms. The summed E-state index contributed by atoms with van der Waals surface area (Å²) in [4.78, 5) is 25.9. The second-order valence-electron chi connectivity index (χ2n) is 7.24. The van der Waals surface area contributed by atoms with E-state index < -0.39 is 11.4 Å². The van der Waals surface area contributed by atoms with Gasteiger partial charge in [-0.15, -0.1) is 0 Å². The van der Waals surface area contributed by atoms with E-state index in [0.29, 0.717) is 6.54 Å². The molecule has 1 saturated carbocycles. The Morgan fingerprint density at radius 3 is 2.42 bits per heavy atom. The summed E-state index contributed by atoms with van der Waals surface area (Å²) in [7, 11) is 0. The van der Waals surface area contributed by atoms with Crippen LogP contribution >= 0.6 is 0 Å². The van der Waals surface area contributed by atoms with Crippen molar-refractivity contribution in [1.29, 1.82) is 0 Å². The maximum absolute atomic E-state index is 12.8. The van der Waals surface area contributed by atoms with E-state index in [2.05, 4.69) is 32.0 Å². The van der Waals surface area contributed by atoms with Crippen molar-refractivity contribution in [2.45, 2.75) is 57.4 Å². The lowest BCUT2D eigenvalue weighted by Crippen LogP contribution is -2.46. The summed E-state index contributed by atoms with van der Waals surface area (Å²) in [5.41, 5.74) is 8.28. The van der Waals surface area contributed by atoms with Crippen molar-refractivity contribution in [1.82, 2.24) is 4.90 Å². The second-order valence-corrected chi connectivity index (χ2v) is 7.24. The molecule has 0 bridgehead atoms. The van der Waals surface area contributed by atoms with E-state index in [4.69, 9.17) is 10.5 Å². The number of hydrogen-bond donors (Lipinski definition) is 1. The Kier molecular flexibility index (Phi) is 4.52. The standard InChI is InChI=1S/C19H26N2O3/c1-13-9-14(2)11-15(10-13)19(6-4-7-19)17(22)24-12-16-5-3-8-21(16)18(20)23/h9-11,16H,3-8,12H2,1-2H3,(H2,20,23)/t16-/m1/s1. The van der Waals surface area contributed by atoms with E-state index in [0.717, 1.165) is 37.7 Å². The molecule has 0 unspecified atom stereocenters. The van der Waals surface area contributed by atoms with Crippen LogP contribution in [0.25, 0.3) is 0 Å². The molecule has 1 aliphatic heterocycles. The molecule has 130 valence electrons. The Bertz CT molecular complexity index is 632.